The summed E-state index contributed by atoms with van der Waals surface area (Å²) in [5.74, 6) is -1.29. The lowest BCUT2D eigenvalue weighted by Gasteiger charge is -2.27. The van der Waals surface area contributed by atoms with Crippen molar-refractivity contribution in [3.63, 3.8) is 0 Å². The second-order valence-corrected chi connectivity index (χ2v) is 5.18. The maximum Gasteiger partial charge on any atom is 0.326 e. The van der Waals surface area contributed by atoms with Crippen LogP contribution in [0, 0.1) is 11.8 Å². The molecule has 1 unspecified atom stereocenters. The molecule has 1 amide bonds. The van der Waals surface area contributed by atoms with Gasteiger partial charge in [0.25, 0.3) is 0 Å². The van der Waals surface area contributed by atoms with Gasteiger partial charge in [-0.25, -0.2) is 4.79 Å². The van der Waals surface area contributed by atoms with Crippen LogP contribution < -0.4 is 11.1 Å². The zero-order chi connectivity index (χ0) is 13.0. The Morgan fingerprint density at radius 1 is 1.24 bits per heavy atom. The molecule has 17 heavy (non-hydrogen) atoms. The molecule has 0 heterocycles. The Morgan fingerprint density at radius 3 is 2.18 bits per heavy atom. The molecule has 4 N–H and O–H groups in total. The van der Waals surface area contributed by atoms with Crippen LogP contribution in [0.2, 0.25) is 0 Å². The summed E-state index contributed by atoms with van der Waals surface area (Å²) in [4.78, 5) is 22.9. The highest BCUT2D eigenvalue weighted by Gasteiger charge is 2.29. The molecule has 1 aliphatic carbocycles. The lowest BCUT2D eigenvalue weighted by atomic mass is 9.85. The van der Waals surface area contributed by atoms with Crippen molar-refractivity contribution in [1.29, 1.82) is 0 Å². The molecule has 1 atom stereocenters. The average Bonchev–Trinajstić information content (AvgIpc) is 2.25. The van der Waals surface area contributed by atoms with Crippen LogP contribution in [-0.4, -0.2) is 29.1 Å². The lowest BCUT2D eigenvalue weighted by Crippen LogP contribution is -2.47. The first kappa shape index (κ1) is 14.0. The first-order valence-corrected chi connectivity index (χ1v) is 6.20. The van der Waals surface area contributed by atoms with Gasteiger partial charge in [-0.05, 0) is 31.6 Å². The third kappa shape index (κ3) is 4.00. The molecule has 0 spiro atoms. The number of carbonyl (C=O) groups excluding carboxylic acids is 1. The Morgan fingerprint density at radius 2 is 1.76 bits per heavy atom. The van der Waals surface area contributed by atoms with Gasteiger partial charge in [0.2, 0.25) is 5.91 Å². The van der Waals surface area contributed by atoms with E-state index in [1.165, 1.54) is 0 Å². The third-order valence-electron chi connectivity index (χ3n) is 3.37. The molecule has 5 heteroatoms. The minimum Gasteiger partial charge on any atom is -0.480 e. The van der Waals surface area contributed by atoms with Crippen molar-refractivity contribution in [2.45, 2.75) is 51.6 Å². The van der Waals surface area contributed by atoms with E-state index in [0.29, 0.717) is 0 Å². The number of amides is 1. The largest absolute Gasteiger partial charge is 0.480 e. The predicted molar refractivity (Wildman–Crippen MR) is 64.3 cm³/mol. The number of carboxylic acids is 1. The molecule has 0 aromatic rings. The first-order valence-electron chi connectivity index (χ1n) is 6.20. The summed E-state index contributed by atoms with van der Waals surface area (Å²) in [7, 11) is 0. The van der Waals surface area contributed by atoms with E-state index >= 15 is 0 Å². The molecule has 0 aliphatic heterocycles. The summed E-state index contributed by atoms with van der Waals surface area (Å²) in [6, 6.07) is -0.600. The number of carbonyl (C=O) groups is 2. The number of hydrogen-bond acceptors (Lipinski definition) is 3. The molecule has 5 nitrogen and oxygen atoms in total. The van der Waals surface area contributed by atoms with E-state index in [0.717, 1.165) is 25.7 Å². The summed E-state index contributed by atoms with van der Waals surface area (Å²) in [5, 5.41) is 11.6. The highest BCUT2D eigenvalue weighted by atomic mass is 16.4. The number of rotatable bonds is 4. The summed E-state index contributed by atoms with van der Waals surface area (Å²) in [6.45, 7) is 3.58. The van der Waals surface area contributed by atoms with Gasteiger partial charge >= 0.3 is 5.97 Å². The van der Waals surface area contributed by atoms with Crippen LogP contribution in [0.5, 0.6) is 0 Å². The number of nitrogens with one attached hydrogen (secondary N) is 1. The van der Waals surface area contributed by atoms with Crippen LogP contribution in [0.4, 0.5) is 0 Å². The molecule has 0 bridgehead atoms. The molecule has 98 valence electrons. The fraction of sp³-hybridized carbons (Fsp3) is 0.833. The van der Waals surface area contributed by atoms with Crippen LogP contribution in [0.1, 0.15) is 39.5 Å². The maximum atomic E-state index is 11.9. The Bertz CT molecular complexity index is 283. The monoisotopic (exact) mass is 242 g/mol. The first-order chi connectivity index (χ1) is 7.91. The van der Waals surface area contributed by atoms with Gasteiger partial charge in [0.05, 0.1) is 0 Å². The van der Waals surface area contributed by atoms with Gasteiger partial charge in [0.15, 0.2) is 0 Å². The van der Waals surface area contributed by atoms with Gasteiger partial charge in [-0.15, -0.1) is 0 Å². The summed E-state index contributed by atoms with van der Waals surface area (Å²) >= 11 is 0. The summed E-state index contributed by atoms with van der Waals surface area (Å²) < 4.78 is 0. The predicted octanol–water partition coefficient (Wildman–Crippen LogP) is 0.729. The van der Waals surface area contributed by atoms with Crippen molar-refractivity contribution >= 4 is 11.9 Å². The van der Waals surface area contributed by atoms with Crippen LogP contribution in [0.15, 0.2) is 0 Å². The van der Waals surface area contributed by atoms with E-state index in [2.05, 4.69) is 5.32 Å². The fourth-order valence-electron chi connectivity index (χ4n) is 2.17. The number of nitrogens with two attached hydrogens (primary N) is 1. The Hall–Kier alpha value is -1.10. The molecule has 0 saturated heterocycles. The molecule has 0 aromatic heterocycles. The minimum absolute atomic E-state index is 0.0737. The van der Waals surface area contributed by atoms with Gasteiger partial charge in [0.1, 0.15) is 6.04 Å². The van der Waals surface area contributed by atoms with Crippen LogP contribution >= 0.6 is 0 Å². The van der Waals surface area contributed by atoms with Crippen molar-refractivity contribution in [1.82, 2.24) is 5.32 Å². The van der Waals surface area contributed by atoms with Crippen LogP contribution in [0.25, 0.3) is 0 Å². The highest BCUT2D eigenvalue weighted by molar-refractivity contribution is 5.85. The number of hydrogen-bond donors (Lipinski definition) is 3. The van der Waals surface area contributed by atoms with Gasteiger partial charge in [-0.1, -0.05) is 13.8 Å². The lowest BCUT2D eigenvalue weighted by molar-refractivity contribution is -0.144. The zero-order valence-corrected chi connectivity index (χ0v) is 10.5. The summed E-state index contributed by atoms with van der Waals surface area (Å²) in [6.07, 6.45) is 3.21. The van der Waals surface area contributed by atoms with Crippen molar-refractivity contribution in [2.24, 2.45) is 17.6 Å². The Kier molecular flexibility index (Phi) is 4.93. The second kappa shape index (κ2) is 6.00. The van der Waals surface area contributed by atoms with E-state index in [1.54, 1.807) is 13.8 Å². The van der Waals surface area contributed by atoms with E-state index < -0.39 is 12.0 Å². The molecule has 1 aliphatic rings. The molecule has 1 fully saturated rings. The van der Waals surface area contributed by atoms with Crippen molar-refractivity contribution in [2.75, 3.05) is 0 Å². The van der Waals surface area contributed by atoms with E-state index in [-0.39, 0.29) is 23.8 Å². The van der Waals surface area contributed by atoms with Crippen molar-refractivity contribution in [3.05, 3.63) is 0 Å². The molecule has 0 aromatic carbocycles. The molecule has 1 saturated carbocycles. The SMILES string of the molecule is CC(C)C(NC(=O)C1CCC(N)CC1)C(=O)O. The standard InChI is InChI=1S/C12H22N2O3/c1-7(2)10(12(16)17)14-11(15)8-3-5-9(13)6-4-8/h7-10H,3-6,13H2,1-2H3,(H,14,15)(H,16,17). The summed E-state index contributed by atoms with van der Waals surface area (Å²) in [5.41, 5.74) is 5.77. The van der Waals surface area contributed by atoms with Gasteiger partial charge < -0.3 is 16.2 Å². The van der Waals surface area contributed by atoms with Gasteiger partial charge in [-0.2, -0.15) is 0 Å². The van der Waals surface area contributed by atoms with Crippen LogP contribution in [-0.2, 0) is 9.59 Å². The zero-order valence-electron chi connectivity index (χ0n) is 10.5. The maximum absolute atomic E-state index is 11.9. The average molecular weight is 242 g/mol. The smallest absolute Gasteiger partial charge is 0.326 e. The third-order valence-corrected chi connectivity index (χ3v) is 3.37. The molecule has 0 radical (unpaired) electrons. The van der Waals surface area contributed by atoms with Crippen LogP contribution in [0.3, 0.4) is 0 Å². The quantitative estimate of drug-likeness (QED) is 0.677. The molecular formula is C12H22N2O3. The number of aliphatic carboxylic acids is 1. The normalized spacial score (nSPS) is 26.6. The van der Waals surface area contributed by atoms with E-state index in [4.69, 9.17) is 10.8 Å². The fourth-order valence-corrected chi connectivity index (χ4v) is 2.17. The van der Waals surface area contributed by atoms with Gasteiger partial charge in [-0.3, -0.25) is 4.79 Å². The van der Waals surface area contributed by atoms with E-state index in [9.17, 15) is 9.59 Å². The highest BCUT2D eigenvalue weighted by Crippen LogP contribution is 2.23. The topological polar surface area (TPSA) is 92.4 Å². The Labute approximate surface area is 102 Å². The van der Waals surface area contributed by atoms with Crippen molar-refractivity contribution in [3.8, 4) is 0 Å². The molecule has 1 rings (SSSR count). The van der Waals surface area contributed by atoms with E-state index in [1.807, 2.05) is 0 Å². The van der Waals surface area contributed by atoms with Crippen molar-refractivity contribution < 1.29 is 14.7 Å². The second-order valence-electron chi connectivity index (χ2n) is 5.18. The Balaban J connectivity index is 2.50. The number of carboxylic acid groups (broad SMARTS) is 1. The molecular weight excluding hydrogens is 220 g/mol. The van der Waals surface area contributed by atoms with Gasteiger partial charge in [0, 0.05) is 12.0 Å². The minimum atomic E-state index is -0.971.